The average molecular weight is 245 g/mol. The number of hydrogen-bond acceptors (Lipinski definition) is 4. The maximum atomic E-state index is 11.4. The van der Waals surface area contributed by atoms with Crippen molar-refractivity contribution in [2.75, 3.05) is 32.7 Å². The molecule has 17 heavy (non-hydrogen) atoms. The van der Waals surface area contributed by atoms with Crippen LogP contribution >= 0.6 is 0 Å². The van der Waals surface area contributed by atoms with E-state index in [4.69, 9.17) is 0 Å². The van der Waals surface area contributed by atoms with Crippen molar-refractivity contribution in [2.24, 2.45) is 0 Å². The van der Waals surface area contributed by atoms with Crippen molar-refractivity contribution in [3.8, 4) is 0 Å². The highest BCUT2D eigenvalue weighted by molar-refractivity contribution is 5.81. The Morgan fingerprint density at radius 2 is 1.88 bits per heavy atom. The van der Waals surface area contributed by atoms with Gasteiger partial charge >= 0.3 is 0 Å². The van der Waals surface area contributed by atoms with Crippen LogP contribution in [0.5, 0.6) is 0 Å². The number of amides is 1. The molecule has 0 aromatic carbocycles. The van der Waals surface area contributed by atoms with Crippen molar-refractivity contribution in [3.63, 3.8) is 0 Å². The Morgan fingerprint density at radius 1 is 1.29 bits per heavy atom. The molecule has 0 aliphatic carbocycles. The van der Waals surface area contributed by atoms with E-state index < -0.39 is 6.10 Å². The summed E-state index contributed by atoms with van der Waals surface area (Å²) in [6, 6.07) is -0.263. The number of carbonyl (C=O) groups excluding carboxylic acids is 1. The van der Waals surface area contributed by atoms with Gasteiger partial charge in [-0.1, -0.05) is 13.8 Å². The second-order valence-corrected chi connectivity index (χ2v) is 4.16. The van der Waals surface area contributed by atoms with E-state index in [0.29, 0.717) is 19.6 Å². The van der Waals surface area contributed by atoms with Crippen LogP contribution in [0, 0.1) is 0 Å². The van der Waals surface area contributed by atoms with Crippen LogP contribution in [0.25, 0.3) is 0 Å². The van der Waals surface area contributed by atoms with Crippen LogP contribution < -0.4 is 10.6 Å². The highest BCUT2D eigenvalue weighted by atomic mass is 16.3. The van der Waals surface area contributed by atoms with Gasteiger partial charge in [-0.3, -0.25) is 4.79 Å². The molecule has 0 heterocycles. The molecule has 0 fully saturated rings. The molecule has 0 rings (SSSR count). The first kappa shape index (κ1) is 16.4. The van der Waals surface area contributed by atoms with E-state index in [1.807, 2.05) is 6.92 Å². The van der Waals surface area contributed by atoms with Gasteiger partial charge in [0.05, 0.1) is 12.1 Å². The molecule has 0 radical (unpaired) electrons. The zero-order valence-electron chi connectivity index (χ0n) is 11.5. The zero-order valence-corrected chi connectivity index (χ0v) is 11.5. The third-order valence-corrected chi connectivity index (χ3v) is 2.77. The van der Waals surface area contributed by atoms with Gasteiger partial charge in [-0.05, 0) is 26.9 Å². The highest BCUT2D eigenvalue weighted by Gasteiger charge is 2.14. The lowest BCUT2D eigenvalue weighted by Gasteiger charge is -2.23. The molecule has 1 amide bonds. The van der Waals surface area contributed by atoms with E-state index in [9.17, 15) is 9.90 Å². The number of nitrogens with zero attached hydrogens (tertiary/aromatic N) is 1. The quantitative estimate of drug-likeness (QED) is 0.526. The summed E-state index contributed by atoms with van der Waals surface area (Å²) in [5, 5.41) is 15.6. The number of aliphatic hydroxyl groups excluding tert-OH is 1. The van der Waals surface area contributed by atoms with Crippen molar-refractivity contribution < 1.29 is 9.90 Å². The van der Waals surface area contributed by atoms with Crippen LogP contribution in [-0.4, -0.2) is 60.8 Å². The number of carbonyl (C=O) groups is 1. The lowest BCUT2D eigenvalue weighted by molar-refractivity contribution is -0.122. The van der Waals surface area contributed by atoms with Crippen LogP contribution in [0.3, 0.4) is 0 Å². The first-order valence-electron chi connectivity index (χ1n) is 6.46. The summed E-state index contributed by atoms with van der Waals surface area (Å²) in [7, 11) is 0. The van der Waals surface area contributed by atoms with Gasteiger partial charge in [-0.25, -0.2) is 0 Å². The predicted octanol–water partition coefficient (Wildman–Crippen LogP) is -0.197. The first-order valence-corrected chi connectivity index (χ1v) is 6.46. The van der Waals surface area contributed by atoms with Gasteiger partial charge < -0.3 is 20.6 Å². The van der Waals surface area contributed by atoms with Gasteiger partial charge in [-0.2, -0.15) is 0 Å². The minimum atomic E-state index is -0.438. The third kappa shape index (κ3) is 7.31. The monoisotopic (exact) mass is 245 g/mol. The molecule has 0 bridgehead atoms. The molecular formula is C12H27N3O2. The number of likely N-dealkylation sites (N-methyl/N-ethyl adjacent to an activating group) is 2. The predicted molar refractivity (Wildman–Crippen MR) is 69.9 cm³/mol. The Balaban J connectivity index is 3.82. The molecule has 5 nitrogen and oxygen atoms in total. The molecule has 0 aliphatic rings. The summed E-state index contributed by atoms with van der Waals surface area (Å²) in [4.78, 5) is 13.6. The van der Waals surface area contributed by atoms with Crippen molar-refractivity contribution in [1.82, 2.24) is 15.5 Å². The molecule has 102 valence electrons. The van der Waals surface area contributed by atoms with E-state index in [1.165, 1.54) is 0 Å². The smallest absolute Gasteiger partial charge is 0.236 e. The number of aliphatic hydroxyl groups is 1. The molecule has 3 N–H and O–H groups in total. The topological polar surface area (TPSA) is 64.6 Å². The number of rotatable bonds is 9. The standard InChI is InChI=1S/C12H27N3O2/c1-5-13-12(17)10(4)14-8-11(16)9-15(6-2)7-3/h10-11,14,16H,5-9H2,1-4H3,(H,13,17). The normalized spacial score (nSPS) is 14.7. The highest BCUT2D eigenvalue weighted by Crippen LogP contribution is 1.92. The fourth-order valence-corrected chi connectivity index (χ4v) is 1.58. The van der Waals surface area contributed by atoms with E-state index in [-0.39, 0.29) is 11.9 Å². The molecule has 5 heteroatoms. The molecule has 2 unspecified atom stereocenters. The average Bonchev–Trinajstić information content (AvgIpc) is 2.33. The Morgan fingerprint density at radius 3 is 2.35 bits per heavy atom. The Kier molecular flexibility index (Phi) is 9.03. The lowest BCUT2D eigenvalue weighted by Crippen LogP contribution is -2.46. The Bertz CT molecular complexity index is 208. The van der Waals surface area contributed by atoms with Gasteiger partial charge in [-0.15, -0.1) is 0 Å². The summed E-state index contributed by atoms with van der Waals surface area (Å²) < 4.78 is 0. The third-order valence-electron chi connectivity index (χ3n) is 2.77. The van der Waals surface area contributed by atoms with Gasteiger partial charge in [0.1, 0.15) is 0 Å². The molecule has 0 aromatic rings. The Labute approximate surface area is 105 Å². The second-order valence-electron chi connectivity index (χ2n) is 4.16. The van der Waals surface area contributed by atoms with Gasteiger partial charge in [0.15, 0.2) is 0 Å². The van der Waals surface area contributed by atoms with Crippen molar-refractivity contribution in [3.05, 3.63) is 0 Å². The summed E-state index contributed by atoms with van der Waals surface area (Å²) in [6.45, 7) is 11.4. The van der Waals surface area contributed by atoms with Crippen LogP contribution in [0.4, 0.5) is 0 Å². The fourth-order valence-electron chi connectivity index (χ4n) is 1.58. The Hall–Kier alpha value is -0.650. The van der Waals surface area contributed by atoms with E-state index >= 15 is 0 Å². The minimum Gasteiger partial charge on any atom is -0.390 e. The largest absolute Gasteiger partial charge is 0.390 e. The minimum absolute atomic E-state index is 0.0254. The zero-order chi connectivity index (χ0) is 13.3. The maximum absolute atomic E-state index is 11.4. The van der Waals surface area contributed by atoms with E-state index in [1.54, 1.807) is 6.92 Å². The molecule has 0 saturated carbocycles. The SMILES string of the molecule is CCNC(=O)C(C)NCC(O)CN(CC)CC. The molecule has 0 spiro atoms. The van der Waals surface area contributed by atoms with Crippen LogP contribution in [0.15, 0.2) is 0 Å². The first-order chi connectivity index (χ1) is 8.04. The van der Waals surface area contributed by atoms with Crippen molar-refractivity contribution in [1.29, 1.82) is 0 Å². The molecule has 0 aliphatic heterocycles. The van der Waals surface area contributed by atoms with Crippen LogP contribution in [0.2, 0.25) is 0 Å². The van der Waals surface area contributed by atoms with Crippen molar-refractivity contribution >= 4 is 5.91 Å². The number of nitrogens with one attached hydrogen (secondary N) is 2. The molecule has 0 aromatic heterocycles. The van der Waals surface area contributed by atoms with Gasteiger partial charge in [0.25, 0.3) is 0 Å². The van der Waals surface area contributed by atoms with Crippen molar-refractivity contribution in [2.45, 2.75) is 39.8 Å². The molecule has 2 atom stereocenters. The van der Waals surface area contributed by atoms with Crippen LogP contribution in [0.1, 0.15) is 27.7 Å². The summed E-state index contributed by atoms with van der Waals surface area (Å²) in [6.07, 6.45) is -0.438. The summed E-state index contributed by atoms with van der Waals surface area (Å²) in [5.74, 6) is -0.0254. The van der Waals surface area contributed by atoms with E-state index in [0.717, 1.165) is 13.1 Å². The molecular weight excluding hydrogens is 218 g/mol. The maximum Gasteiger partial charge on any atom is 0.236 e. The van der Waals surface area contributed by atoms with Gasteiger partial charge in [0.2, 0.25) is 5.91 Å². The number of hydrogen-bond donors (Lipinski definition) is 3. The van der Waals surface area contributed by atoms with Crippen LogP contribution in [-0.2, 0) is 4.79 Å². The lowest BCUT2D eigenvalue weighted by atomic mass is 10.2. The summed E-state index contributed by atoms with van der Waals surface area (Å²) in [5.41, 5.74) is 0. The second kappa shape index (κ2) is 9.39. The summed E-state index contributed by atoms with van der Waals surface area (Å²) >= 11 is 0. The molecule has 0 saturated heterocycles. The van der Waals surface area contributed by atoms with E-state index in [2.05, 4.69) is 29.4 Å². The van der Waals surface area contributed by atoms with Gasteiger partial charge in [0, 0.05) is 19.6 Å². The fraction of sp³-hybridized carbons (Fsp3) is 0.917.